The molecule has 200 valence electrons. The molecule has 0 unspecified atom stereocenters. The molecule has 0 bridgehead atoms. The van der Waals surface area contributed by atoms with E-state index in [1.165, 1.54) is 141 Å². The first-order valence-electron chi connectivity index (χ1n) is 15.1. The zero-order valence-corrected chi connectivity index (χ0v) is 23.2. The Bertz CT molecular complexity index is 486. The summed E-state index contributed by atoms with van der Waals surface area (Å²) >= 11 is 0. The number of rotatable bonds is 26. The molecule has 1 N–H and O–H groups in total. The highest BCUT2D eigenvalue weighted by Crippen LogP contribution is 2.15. The maximum absolute atomic E-state index is 11.6. The summed E-state index contributed by atoms with van der Waals surface area (Å²) in [6.07, 6.45) is 33.4. The maximum atomic E-state index is 11.6. The average Bonchev–Trinajstić information content (AvgIpc) is 2.81. The number of amides is 2. The molecule has 3 heteroatoms. The van der Waals surface area contributed by atoms with Crippen molar-refractivity contribution in [2.75, 3.05) is 0 Å². The normalized spacial score (nSPS) is 11.0. The van der Waals surface area contributed by atoms with Gasteiger partial charge in [-0.15, -0.1) is 0 Å². The number of nitrogens with one attached hydrogen (secondary N) is 1. The van der Waals surface area contributed by atoms with Gasteiger partial charge in [-0.3, -0.25) is 14.9 Å². The Kier molecular flexibility index (Phi) is 25.6. The van der Waals surface area contributed by atoms with Crippen LogP contribution in [0.4, 0.5) is 0 Å². The third kappa shape index (κ3) is 25.5. The highest BCUT2D eigenvalue weighted by Gasteiger charge is 2.07. The molecular weight excluding hydrogens is 418 g/mol. The van der Waals surface area contributed by atoms with Gasteiger partial charge in [-0.05, 0) is 13.3 Å². The van der Waals surface area contributed by atoms with Crippen molar-refractivity contribution < 1.29 is 9.59 Å². The van der Waals surface area contributed by atoms with Gasteiger partial charge in [0.25, 0.3) is 5.91 Å². The van der Waals surface area contributed by atoms with E-state index in [0.717, 1.165) is 12.8 Å². The Morgan fingerprint density at radius 2 is 0.765 bits per heavy atom. The van der Waals surface area contributed by atoms with Crippen LogP contribution in [0.1, 0.15) is 174 Å². The molecule has 34 heavy (non-hydrogen) atoms. The Hall–Kier alpha value is -1.12. The second-order valence-electron chi connectivity index (χ2n) is 10.5. The molecule has 0 aliphatic heterocycles. The van der Waals surface area contributed by atoms with E-state index in [4.69, 9.17) is 0 Å². The maximum Gasteiger partial charge on any atom is 0.252 e. The minimum absolute atomic E-state index is 0.174. The standard InChI is InChI=1S/C31H59NO2/c1-4-5-6-7-8-9-10-11-12-13-14-15-16-17-18-19-20-21-22-23-24-25-26-27-28-30(33)32-31(34)29(2)3/h2,4-28H2,1,3H3,(H,32,33,34). The summed E-state index contributed by atoms with van der Waals surface area (Å²) in [5, 5.41) is 2.37. The number of hydrogen-bond acceptors (Lipinski definition) is 2. The van der Waals surface area contributed by atoms with Crippen LogP contribution in [0.2, 0.25) is 0 Å². The van der Waals surface area contributed by atoms with Gasteiger partial charge in [0.05, 0.1) is 0 Å². The summed E-state index contributed by atoms with van der Waals surface area (Å²) in [4.78, 5) is 23.0. The van der Waals surface area contributed by atoms with Crippen molar-refractivity contribution >= 4 is 11.8 Å². The van der Waals surface area contributed by atoms with Crippen LogP contribution in [0.5, 0.6) is 0 Å². The lowest BCUT2D eigenvalue weighted by Gasteiger charge is -2.05. The van der Waals surface area contributed by atoms with Gasteiger partial charge in [0.2, 0.25) is 5.91 Å². The third-order valence-electron chi connectivity index (χ3n) is 6.90. The van der Waals surface area contributed by atoms with Crippen molar-refractivity contribution in [3.05, 3.63) is 12.2 Å². The quantitative estimate of drug-likeness (QED) is 0.0994. The van der Waals surface area contributed by atoms with Gasteiger partial charge in [0, 0.05) is 12.0 Å². The molecular formula is C31H59NO2. The Morgan fingerprint density at radius 3 is 1.03 bits per heavy atom. The SMILES string of the molecule is C=C(C)C(=O)NC(=O)CCCCCCCCCCCCCCCCCCCCCCCCCC. The van der Waals surface area contributed by atoms with E-state index in [9.17, 15) is 9.59 Å². The molecule has 0 aliphatic rings. The second kappa shape index (κ2) is 26.5. The molecule has 0 heterocycles. The molecule has 0 spiro atoms. The van der Waals surface area contributed by atoms with Crippen LogP contribution in [-0.4, -0.2) is 11.8 Å². The lowest BCUT2D eigenvalue weighted by Crippen LogP contribution is -2.30. The summed E-state index contributed by atoms with van der Waals surface area (Å²) in [6.45, 7) is 7.45. The van der Waals surface area contributed by atoms with Gasteiger partial charge in [0.15, 0.2) is 0 Å². The van der Waals surface area contributed by atoms with Crippen molar-refractivity contribution in [1.82, 2.24) is 5.32 Å². The summed E-state index contributed by atoms with van der Waals surface area (Å²) in [7, 11) is 0. The topological polar surface area (TPSA) is 46.2 Å². The number of unbranched alkanes of at least 4 members (excludes halogenated alkanes) is 23. The Balaban J connectivity index is 3.13. The first-order chi connectivity index (χ1) is 16.6. The first-order valence-corrected chi connectivity index (χ1v) is 15.1. The van der Waals surface area contributed by atoms with E-state index in [-0.39, 0.29) is 11.8 Å². The van der Waals surface area contributed by atoms with E-state index < -0.39 is 0 Å². The van der Waals surface area contributed by atoms with Gasteiger partial charge in [-0.25, -0.2) is 0 Å². The molecule has 0 aromatic heterocycles. The fraction of sp³-hybridized carbons (Fsp3) is 0.871. The minimum Gasteiger partial charge on any atom is -0.293 e. The molecule has 0 rings (SSSR count). The van der Waals surface area contributed by atoms with Crippen LogP contribution in [0, 0.1) is 0 Å². The lowest BCUT2D eigenvalue weighted by molar-refractivity contribution is -0.128. The highest BCUT2D eigenvalue weighted by molar-refractivity contribution is 6.03. The molecule has 0 atom stereocenters. The van der Waals surface area contributed by atoms with E-state index in [2.05, 4.69) is 18.8 Å². The van der Waals surface area contributed by atoms with Crippen LogP contribution >= 0.6 is 0 Å². The van der Waals surface area contributed by atoms with E-state index in [1.807, 2.05) is 0 Å². The number of imide groups is 1. The molecule has 2 amide bonds. The van der Waals surface area contributed by atoms with E-state index in [1.54, 1.807) is 6.92 Å². The van der Waals surface area contributed by atoms with Gasteiger partial charge in [-0.2, -0.15) is 0 Å². The highest BCUT2D eigenvalue weighted by atomic mass is 16.2. The monoisotopic (exact) mass is 477 g/mol. The summed E-state index contributed by atoms with van der Waals surface area (Å²) in [5.74, 6) is -0.527. The van der Waals surface area contributed by atoms with Crippen LogP contribution < -0.4 is 5.32 Å². The molecule has 0 fully saturated rings. The van der Waals surface area contributed by atoms with Crippen molar-refractivity contribution in [3.8, 4) is 0 Å². The molecule has 0 aromatic carbocycles. The largest absolute Gasteiger partial charge is 0.293 e. The van der Waals surface area contributed by atoms with Gasteiger partial charge >= 0.3 is 0 Å². The average molecular weight is 478 g/mol. The first kappa shape index (κ1) is 32.9. The summed E-state index contributed by atoms with van der Waals surface area (Å²) < 4.78 is 0. The van der Waals surface area contributed by atoms with Crippen molar-refractivity contribution in [2.24, 2.45) is 0 Å². The molecule has 3 nitrogen and oxygen atoms in total. The van der Waals surface area contributed by atoms with E-state index in [0.29, 0.717) is 12.0 Å². The van der Waals surface area contributed by atoms with Crippen LogP contribution in [0.25, 0.3) is 0 Å². The fourth-order valence-corrected chi connectivity index (χ4v) is 4.54. The molecule has 0 aromatic rings. The number of carbonyl (C=O) groups excluding carboxylic acids is 2. The van der Waals surface area contributed by atoms with Crippen molar-refractivity contribution in [1.29, 1.82) is 0 Å². The number of carbonyl (C=O) groups is 2. The zero-order chi connectivity index (χ0) is 25.1. The van der Waals surface area contributed by atoms with Gasteiger partial charge in [0.1, 0.15) is 0 Å². The smallest absolute Gasteiger partial charge is 0.252 e. The summed E-state index contributed by atoms with van der Waals surface area (Å²) in [6, 6.07) is 0. The van der Waals surface area contributed by atoms with Crippen LogP contribution in [-0.2, 0) is 9.59 Å². The number of hydrogen-bond donors (Lipinski definition) is 1. The Morgan fingerprint density at radius 1 is 0.500 bits per heavy atom. The van der Waals surface area contributed by atoms with Crippen LogP contribution in [0.3, 0.4) is 0 Å². The van der Waals surface area contributed by atoms with E-state index >= 15 is 0 Å². The Labute approximate surface area is 213 Å². The van der Waals surface area contributed by atoms with Crippen molar-refractivity contribution in [3.63, 3.8) is 0 Å². The zero-order valence-electron chi connectivity index (χ0n) is 23.2. The third-order valence-corrected chi connectivity index (χ3v) is 6.90. The lowest BCUT2D eigenvalue weighted by atomic mass is 10.0. The second-order valence-corrected chi connectivity index (χ2v) is 10.5. The molecule has 0 saturated carbocycles. The molecule has 0 saturated heterocycles. The summed E-state index contributed by atoms with van der Waals surface area (Å²) in [5.41, 5.74) is 0.382. The molecule has 0 radical (unpaired) electrons. The predicted octanol–water partition coefficient (Wildman–Crippen LogP) is 9.98. The fourth-order valence-electron chi connectivity index (χ4n) is 4.54. The van der Waals surface area contributed by atoms with Gasteiger partial charge in [-0.1, -0.05) is 161 Å². The minimum atomic E-state index is -0.352. The van der Waals surface area contributed by atoms with Gasteiger partial charge < -0.3 is 0 Å². The predicted molar refractivity (Wildman–Crippen MR) is 149 cm³/mol. The molecule has 0 aliphatic carbocycles. The van der Waals surface area contributed by atoms with Crippen molar-refractivity contribution in [2.45, 2.75) is 174 Å². The van der Waals surface area contributed by atoms with Crippen LogP contribution in [0.15, 0.2) is 12.2 Å².